The highest BCUT2D eigenvalue weighted by Gasteiger charge is 2.30. The first-order chi connectivity index (χ1) is 14.2. The molecule has 7 nitrogen and oxygen atoms in total. The van der Waals surface area contributed by atoms with E-state index in [-0.39, 0.29) is 11.9 Å². The Labute approximate surface area is 179 Å². The molecule has 1 N–H and O–H groups in total. The van der Waals surface area contributed by atoms with E-state index in [0.29, 0.717) is 19.0 Å². The predicted molar refractivity (Wildman–Crippen MR) is 115 cm³/mol. The topological polar surface area (TPSA) is 76.6 Å². The minimum absolute atomic E-state index is 0.0939. The molecule has 2 aliphatic heterocycles. The maximum Gasteiger partial charge on any atom is 0.233 e. The smallest absolute Gasteiger partial charge is 0.233 e. The summed E-state index contributed by atoms with van der Waals surface area (Å²) >= 11 is 2.96. The molecule has 9 heteroatoms. The van der Waals surface area contributed by atoms with Crippen molar-refractivity contribution in [2.24, 2.45) is 0 Å². The number of hydrogen-bond donors (Lipinski definition) is 1. The number of benzene rings is 1. The number of ether oxygens (including phenoxy) is 2. The summed E-state index contributed by atoms with van der Waals surface area (Å²) < 4.78 is 12.4. The van der Waals surface area contributed by atoms with Gasteiger partial charge in [0.05, 0.1) is 25.0 Å². The molecule has 1 aromatic carbocycles. The Hall–Kier alpha value is -2.00. The summed E-state index contributed by atoms with van der Waals surface area (Å²) in [5.41, 5.74) is 1.12. The van der Waals surface area contributed by atoms with E-state index in [0.717, 1.165) is 65.3 Å². The van der Waals surface area contributed by atoms with Gasteiger partial charge in [-0.05, 0) is 37.0 Å². The maximum atomic E-state index is 12.9. The average molecular weight is 435 g/mol. The van der Waals surface area contributed by atoms with Crippen LogP contribution in [-0.4, -0.2) is 53.1 Å². The third-order valence-corrected chi connectivity index (χ3v) is 6.98. The van der Waals surface area contributed by atoms with Crippen molar-refractivity contribution in [2.75, 3.05) is 37.4 Å². The van der Waals surface area contributed by atoms with Gasteiger partial charge in [-0.15, -0.1) is 10.2 Å². The van der Waals surface area contributed by atoms with Crippen LogP contribution in [0.3, 0.4) is 0 Å². The first-order valence-electron chi connectivity index (χ1n) is 10.1. The fourth-order valence-electron chi connectivity index (χ4n) is 3.58. The molecule has 2 aromatic rings. The lowest BCUT2D eigenvalue weighted by molar-refractivity contribution is -0.129. The highest BCUT2D eigenvalue weighted by Crippen LogP contribution is 2.38. The summed E-state index contributed by atoms with van der Waals surface area (Å²) in [5, 5.41) is 12.3. The van der Waals surface area contributed by atoms with Crippen molar-refractivity contribution in [1.29, 1.82) is 0 Å². The third-order valence-electron chi connectivity index (χ3n) is 4.98. The number of nitrogens with zero attached hydrogens (tertiary/aromatic N) is 3. The van der Waals surface area contributed by atoms with Crippen LogP contribution < -0.4 is 14.8 Å². The van der Waals surface area contributed by atoms with Crippen LogP contribution in [-0.2, 0) is 4.79 Å². The second-order valence-corrected chi connectivity index (χ2v) is 9.29. The van der Waals surface area contributed by atoms with E-state index in [2.05, 4.69) is 28.5 Å². The van der Waals surface area contributed by atoms with Crippen molar-refractivity contribution in [3.8, 4) is 11.5 Å². The normalized spacial score (nSPS) is 18.5. The van der Waals surface area contributed by atoms with E-state index < -0.39 is 0 Å². The van der Waals surface area contributed by atoms with Gasteiger partial charge in [0, 0.05) is 19.5 Å². The maximum absolute atomic E-state index is 12.9. The number of amides is 1. The lowest BCUT2D eigenvalue weighted by Crippen LogP contribution is -2.32. The van der Waals surface area contributed by atoms with E-state index in [4.69, 9.17) is 9.47 Å². The van der Waals surface area contributed by atoms with Crippen molar-refractivity contribution in [3.05, 3.63) is 23.8 Å². The van der Waals surface area contributed by atoms with Gasteiger partial charge in [0.1, 0.15) is 0 Å². The van der Waals surface area contributed by atoms with Crippen molar-refractivity contribution in [3.63, 3.8) is 0 Å². The fraction of sp³-hybridized carbons (Fsp3) is 0.550. The number of anilines is 1. The van der Waals surface area contributed by atoms with Gasteiger partial charge in [-0.2, -0.15) is 0 Å². The number of likely N-dealkylation sites (tertiary alicyclic amines) is 1. The van der Waals surface area contributed by atoms with E-state index in [9.17, 15) is 4.79 Å². The van der Waals surface area contributed by atoms with Gasteiger partial charge >= 0.3 is 0 Å². The SMILES string of the molecule is CCCNc1nnc(SCC(=O)N2CCC[C@H]2c2ccc3c(c2)OCCCO3)s1. The van der Waals surface area contributed by atoms with E-state index in [1.807, 2.05) is 17.0 Å². The zero-order chi connectivity index (χ0) is 20.1. The molecule has 0 bridgehead atoms. The van der Waals surface area contributed by atoms with Gasteiger partial charge in [0.15, 0.2) is 15.8 Å². The van der Waals surface area contributed by atoms with Gasteiger partial charge in [0.25, 0.3) is 0 Å². The number of nitrogens with one attached hydrogen (secondary N) is 1. The number of hydrogen-bond acceptors (Lipinski definition) is 8. The molecule has 1 amide bonds. The summed E-state index contributed by atoms with van der Waals surface area (Å²) in [6.45, 7) is 5.12. The zero-order valence-corrected chi connectivity index (χ0v) is 18.2. The summed E-state index contributed by atoms with van der Waals surface area (Å²) in [6.07, 6.45) is 3.91. The standard InChI is InChI=1S/C20H26N4O3S2/c1-2-8-21-19-22-23-20(29-19)28-13-18(25)24-9-3-5-15(24)14-6-7-16-17(12-14)27-11-4-10-26-16/h6-7,12,15H,2-5,8-11,13H2,1H3,(H,21,22)/t15-/m0/s1. The van der Waals surface area contributed by atoms with E-state index >= 15 is 0 Å². The second kappa shape index (κ2) is 9.67. The molecule has 1 atom stereocenters. The molecular formula is C20H26N4O3S2. The van der Waals surface area contributed by atoms with Crippen LogP contribution in [0.15, 0.2) is 22.5 Å². The van der Waals surface area contributed by atoms with Gasteiger partial charge in [-0.25, -0.2) is 0 Å². The Bertz CT molecular complexity index is 845. The van der Waals surface area contributed by atoms with Crippen LogP contribution in [0.2, 0.25) is 0 Å². The average Bonchev–Trinajstić information content (AvgIpc) is 3.35. The molecule has 29 heavy (non-hydrogen) atoms. The molecule has 0 aliphatic carbocycles. The third kappa shape index (κ3) is 4.95. The number of aromatic nitrogens is 2. The molecule has 3 heterocycles. The molecule has 4 rings (SSSR count). The molecule has 0 radical (unpaired) electrons. The summed E-state index contributed by atoms with van der Waals surface area (Å²) in [5.74, 6) is 2.10. The van der Waals surface area contributed by atoms with Gasteiger partial charge in [-0.3, -0.25) is 4.79 Å². The first-order valence-corrected chi connectivity index (χ1v) is 11.9. The molecular weight excluding hydrogens is 408 g/mol. The Kier molecular flexibility index (Phi) is 6.76. The number of carbonyl (C=O) groups is 1. The molecule has 1 fully saturated rings. The molecule has 0 saturated carbocycles. The number of fused-ring (bicyclic) bond motifs is 1. The van der Waals surface area contributed by atoms with Crippen LogP contribution in [0, 0.1) is 0 Å². The van der Waals surface area contributed by atoms with E-state index in [1.165, 1.54) is 23.1 Å². The Balaban J connectivity index is 1.38. The van der Waals surface area contributed by atoms with E-state index in [1.54, 1.807) is 0 Å². The van der Waals surface area contributed by atoms with Crippen LogP contribution in [0.4, 0.5) is 5.13 Å². The van der Waals surface area contributed by atoms with Crippen molar-refractivity contribution in [1.82, 2.24) is 15.1 Å². The summed E-state index contributed by atoms with van der Waals surface area (Å²) in [4.78, 5) is 14.9. The van der Waals surface area contributed by atoms with Gasteiger partial charge < -0.3 is 19.7 Å². The van der Waals surface area contributed by atoms with Gasteiger partial charge in [0.2, 0.25) is 11.0 Å². The van der Waals surface area contributed by atoms with Crippen molar-refractivity contribution in [2.45, 2.75) is 43.0 Å². The largest absolute Gasteiger partial charge is 0.490 e. The first kappa shape index (κ1) is 20.3. The van der Waals surface area contributed by atoms with Crippen LogP contribution >= 0.6 is 23.1 Å². The van der Waals surface area contributed by atoms with Crippen molar-refractivity contribution < 1.29 is 14.3 Å². The second-order valence-electron chi connectivity index (χ2n) is 7.09. The fourth-order valence-corrected chi connectivity index (χ4v) is 5.24. The Morgan fingerprint density at radius 1 is 1.28 bits per heavy atom. The Morgan fingerprint density at radius 2 is 2.14 bits per heavy atom. The molecule has 1 saturated heterocycles. The molecule has 0 spiro atoms. The summed E-state index contributed by atoms with van der Waals surface area (Å²) in [6, 6.07) is 6.17. The number of carbonyl (C=O) groups excluding carboxylic acids is 1. The monoisotopic (exact) mass is 434 g/mol. The Morgan fingerprint density at radius 3 is 3.00 bits per heavy atom. The number of rotatable bonds is 7. The lowest BCUT2D eigenvalue weighted by Gasteiger charge is -2.25. The van der Waals surface area contributed by atoms with Crippen molar-refractivity contribution >= 4 is 34.1 Å². The summed E-state index contributed by atoms with van der Waals surface area (Å²) in [7, 11) is 0. The minimum Gasteiger partial charge on any atom is -0.490 e. The lowest BCUT2D eigenvalue weighted by atomic mass is 10.0. The van der Waals surface area contributed by atoms with Gasteiger partial charge in [-0.1, -0.05) is 36.1 Å². The molecule has 1 aromatic heterocycles. The number of thioether (sulfide) groups is 1. The van der Waals surface area contributed by atoms with Crippen LogP contribution in [0.25, 0.3) is 0 Å². The quantitative estimate of drug-likeness (QED) is 0.661. The highest BCUT2D eigenvalue weighted by molar-refractivity contribution is 8.01. The molecule has 156 valence electrons. The zero-order valence-electron chi connectivity index (χ0n) is 16.6. The highest BCUT2D eigenvalue weighted by atomic mass is 32.2. The minimum atomic E-state index is 0.0939. The molecule has 2 aliphatic rings. The van der Waals surface area contributed by atoms with Crippen LogP contribution in [0.5, 0.6) is 11.5 Å². The predicted octanol–water partition coefficient (Wildman–Crippen LogP) is 3.98. The van der Waals surface area contributed by atoms with Crippen LogP contribution in [0.1, 0.15) is 44.2 Å². The molecule has 0 unspecified atom stereocenters.